The predicted octanol–water partition coefficient (Wildman–Crippen LogP) is 2.61. The minimum absolute atomic E-state index is 0.275. The highest BCUT2D eigenvalue weighted by atomic mass is 19.1. The van der Waals surface area contributed by atoms with Crippen LogP contribution in [0.3, 0.4) is 0 Å². The first-order chi connectivity index (χ1) is 13.5. The van der Waals surface area contributed by atoms with Gasteiger partial charge in [0, 0.05) is 44.2 Å². The van der Waals surface area contributed by atoms with Gasteiger partial charge >= 0.3 is 6.01 Å². The maximum atomic E-state index is 13.9. The van der Waals surface area contributed by atoms with Gasteiger partial charge in [-0.3, -0.25) is 9.67 Å². The lowest BCUT2D eigenvalue weighted by Gasteiger charge is -2.30. The van der Waals surface area contributed by atoms with Crippen LogP contribution in [0.5, 0.6) is 6.01 Å². The van der Waals surface area contributed by atoms with Crippen molar-refractivity contribution in [3.63, 3.8) is 0 Å². The zero-order valence-electron chi connectivity index (χ0n) is 16.3. The summed E-state index contributed by atoms with van der Waals surface area (Å²) in [6, 6.07) is 1.84. The van der Waals surface area contributed by atoms with Gasteiger partial charge in [-0.1, -0.05) is 0 Å². The molecule has 4 heterocycles. The molecule has 0 N–H and O–H groups in total. The largest absolute Gasteiger partial charge is 0.464 e. The van der Waals surface area contributed by atoms with Crippen LogP contribution in [0.15, 0.2) is 30.9 Å². The molecule has 0 aromatic carbocycles. The number of rotatable bonds is 5. The van der Waals surface area contributed by atoms with Crippen LogP contribution in [0.25, 0.3) is 0 Å². The first-order valence-electron chi connectivity index (χ1n) is 9.06. The van der Waals surface area contributed by atoms with Gasteiger partial charge in [-0.2, -0.15) is 15.1 Å². The SMILES string of the molecule is CCOc1nc(C)c2c(n1)N(Cc1cnn(C)c1)C(c1cncc(F)c1)N2C. The van der Waals surface area contributed by atoms with Crippen molar-refractivity contribution in [2.75, 3.05) is 23.5 Å². The molecule has 0 aliphatic carbocycles. The van der Waals surface area contributed by atoms with Crippen LogP contribution in [0.1, 0.15) is 29.9 Å². The Morgan fingerprint density at radius 1 is 1.18 bits per heavy atom. The summed E-state index contributed by atoms with van der Waals surface area (Å²) < 4.78 is 21.2. The van der Waals surface area contributed by atoms with Gasteiger partial charge in [-0.25, -0.2) is 4.39 Å². The molecule has 1 aliphatic heterocycles. The van der Waals surface area contributed by atoms with E-state index in [9.17, 15) is 4.39 Å². The average Bonchev–Trinajstić information content (AvgIpc) is 3.17. The van der Waals surface area contributed by atoms with Crippen molar-refractivity contribution in [2.45, 2.75) is 26.6 Å². The number of ether oxygens (including phenoxy) is 1. The van der Waals surface area contributed by atoms with E-state index in [1.807, 2.05) is 45.2 Å². The van der Waals surface area contributed by atoms with Gasteiger partial charge < -0.3 is 14.5 Å². The van der Waals surface area contributed by atoms with Crippen molar-refractivity contribution in [3.05, 3.63) is 53.5 Å². The monoisotopic (exact) mass is 383 g/mol. The molecule has 8 nitrogen and oxygen atoms in total. The predicted molar refractivity (Wildman–Crippen MR) is 103 cm³/mol. The van der Waals surface area contributed by atoms with Gasteiger partial charge in [-0.15, -0.1) is 0 Å². The third-order valence-electron chi connectivity index (χ3n) is 4.72. The van der Waals surface area contributed by atoms with Crippen molar-refractivity contribution in [3.8, 4) is 6.01 Å². The quantitative estimate of drug-likeness (QED) is 0.671. The molecule has 3 aromatic rings. The molecule has 3 aromatic heterocycles. The highest BCUT2D eigenvalue weighted by Gasteiger charge is 2.39. The molecular formula is C19H22FN7O. The van der Waals surface area contributed by atoms with E-state index in [4.69, 9.17) is 4.74 Å². The fourth-order valence-corrected chi connectivity index (χ4v) is 3.67. The van der Waals surface area contributed by atoms with Gasteiger partial charge in [-0.05, 0) is 19.9 Å². The van der Waals surface area contributed by atoms with Crippen molar-refractivity contribution in [1.29, 1.82) is 0 Å². The maximum absolute atomic E-state index is 13.9. The third kappa shape index (κ3) is 3.12. The second-order valence-corrected chi connectivity index (χ2v) is 6.77. The van der Waals surface area contributed by atoms with E-state index in [-0.39, 0.29) is 12.0 Å². The lowest BCUT2D eigenvalue weighted by molar-refractivity contribution is 0.312. The van der Waals surface area contributed by atoms with E-state index < -0.39 is 0 Å². The summed E-state index contributed by atoms with van der Waals surface area (Å²) in [4.78, 5) is 17.3. The lowest BCUT2D eigenvalue weighted by Crippen LogP contribution is -2.33. The summed E-state index contributed by atoms with van der Waals surface area (Å²) in [7, 11) is 3.83. The van der Waals surface area contributed by atoms with Crippen LogP contribution in [0.4, 0.5) is 15.9 Å². The Bertz CT molecular complexity index is 1010. The second kappa shape index (κ2) is 7.06. The van der Waals surface area contributed by atoms with E-state index in [2.05, 4.69) is 25.0 Å². The zero-order chi connectivity index (χ0) is 19.8. The molecule has 28 heavy (non-hydrogen) atoms. The van der Waals surface area contributed by atoms with Gasteiger partial charge in [0.2, 0.25) is 0 Å². The molecular weight excluding hydrogens is 361 g/mol. The fourth-order valence-electron chi connectivity index (χ4n) is 3.67. The molecule has 0 saturated heterocycles. The molecule has 1 unspecified atom stereocenters. The summed E-state index contributed by atoms with van der Waals surface area (Å²) in [5, 5.41) is 4.26. The fraction of sp³-hybridized carbons (Fsp3) is 0.368. The number of pyridine rings is 1. The molecule has 0 amide bonds. The molecule has 0 saturated carbocycles. The van der Waals surface area contributed by atoms with E-state index in [0.717, 1.165) is 28.3 Å². The molecule has 0 fully saturated rings. The normalized spacial score (nSPS) is 15.8. The van der Waals surface area contributed by atoms with E-state index in [1.54, 1.807) is 10.9 Å². The molecule has 9 heteroatoms. The number of nitrogens with zero attached hydrogens (tertiary/aromatic N) is 7. The van der Waals surface area contributed by atoms with Crippen LogP contribution in [0, 0.1) is 12.7 Å². The van der Waals surface area contributed by atoms with Crippen molar-refractivity contribution in [2.24, 2.45) is 7.05 Å². The number of halogens is 1. The number of hydrogen-bond donors (Lipinski definition) is 0. The minimum Gasteiger partial charge on any atom is -0.464 e. The first kappa shape index (κ1) is 18.1. The molecule has 0 spiro atoms. The number of hydrogen-bond acceptors (Lipinski definition) is 7. The van der Waals surface area contributed by atoms with Crippen molar-refractivity contribution >= 4 is 11.5 Å². The number of aromatic nitrogens is 5. The van der Waals surface area contributed by atoms with E-state index >= 15 is 0 Å². The zero-order valence-corrected chi connectivity index (χ0v) is 16.3. The van der Waals surface area contributed by atoms with Crippen LogP contribution in [-0.2, 0) is 13.6 Å². The maximum Gasteiger partial charge on any atom is 0.318 e. The summed E-state index contributed by atoms with van der Waals surface area (Å²) in [5.74, 6) is 0.373. The van der Waals surface area contributed by atoms with Crippen molar-refractivity contribution < 1.29 is 9.13 Å². The van der Waals surface area contributed by atoms with Crippen LogP contribution in [-0.4, -0.2) is 38.4 Å². The van der Waals surface area contributed by atoms with Gasteiger partial charge in [0.1, 0.15) is 17.7 Å². The molecule has 146 valence electrons. The highest BCUT2D eigenvalue weighted by molar-refractivity contribution is 5.76. The Hall–Kier alpha value is -3.23. The Morgan fingerprint density at radius 3 is 2.68 bits per heavy atom. The summed E-state index contributed by atoms with van der Waals surface area (Å²) in [5.41, 5.74) is 3.45. The Morgan fingerprint density at radius 2 is 2.00 bits per heavy atom. The standard InChI is InChI=1S/C19H22FN7O/c1-5-28-19-23-12(2)16-17(24-19)27(11-13-7-22-25(3)10-13)18(26(16)4)14-6-15(20)9-21-8-14/h6-10,18H,5,11H2,1-4H3. The number of fused-ring (bicyclic) bond motifs is 1. The molecule has 4 rings (SSSR count). The van der Waals surface area contributed by atoms with Crippen molar-refractivity contribution in [1.82, 2.24) is 24.7 Å². The van der Waals surface area contributed by atoms with Crippen LogP contribution >= 0.6 is 0 Å². The van der Waals surface area contributed by atoms with Gasteiger partial charge in [0.15, 0.2) is 5.82 Å². The molecule has 1 atom stereocenters. The van der Waals surface area contributed by atoms with Crippen LogP contribution in [0.2, 0.25) is 0 Å². The first-order valence-corrected chi connectivity index (χ1v) is 9.06. The topological polar surface area (TPSA) is 72.2 Å². The molecule has 0 radical (unpaired) electrons. The molecule has 1 aliphatic rings. The summed E-state index contributed by atoms with van der Waals surface area (Å²) in [6.45, 7) is 4.85. The van der Waals surface area contributed by atoms with Gasteiger partial charge in [0.25, 0.3) is 0 Å². The lowest BCUT2D eigenvalue weighted by atomic mass is 10.2. The van der Waals surface area contributed by atoms with E-state index in [1.165, 1.54) is 12.3 Å². The number of aryl methyl sites for hydroxylation is 2. The number of anilines is 2. The summed E-state index contributed by atoms with van der Waals surface area (Å²) in [6.07, 6.45) is 6.38. The third-order valence-corrected chi connectivity index (χ3v) is 4.72. The Labute approximate surface area is 162 Å². The second-order valence-electron chi connectivity index (χ2n) is 6.77. The molecule has 0 bridgehead atoms. The van der Waals surface area contributed by atoms with Crippen LogP contribution < -0.4 is 14.5 Å². The van der Waals surface area contributed by atoms with E-state index in [0.29, 0.717) is 19.2 Å². The summed E-state index contributed by atoms with van der Waals surface area (Å²) >= 11 is 0. The Balaban J connectivity index is 1.83. The average molecular weight is 383 g/mol. The smallest absolute Gasteiger partial charge is 0.318 e. The van der Waals surface area contributed by atoms with Gasteiger partial charge in [0.05, 0.1) is 24.7 Å². The Kier molecular flexibility index (Phi) is 4.58. The highest BCUT2D eigenvalue weighted by Crippen LogP contribution is 2.46. The minimum atomic E-state index is -0.374.